The Morgan fingerprint density at radius 3 is 0.848 bits per heavy atom. The fraction of sp³-hybridized carbons (Fsp3) is 0.667. The maximum atomic E-state index is 10.8. The normalized spacial score (nSPS) is 11.3. The van der Waals surface area contributed by atoms with E-state index < -0.39 is 20.2 Å². The van der Waals surface area contributed by atoms with Gasteiger partial charge >= 0.3 is 23.7 Å². The Labute approximate surface area is 293 Å². The molecule has 260 valence electrons. The predicted molar refractivity (Wildman–Crippen MR) is 181 cm³/mol. The molecular weight excluding hydrogens is 656 g/mol. The number of hydrogen-bond donors (Lipinski definition) is 0. The number of rotatable bonds is 24. The quantitative estimate of drug-likeness (QED) is 0.0601. The molecule has 0 radical (unpaired) electrons. The van der Waals surface area contributed by atoms with Crippen molar-refractivity contribution in [3.63, 3.8) is 0 Å². The van der Waals surface area contributed by atoms with E-state index >= 15 is 0 Å². The fourth-order valence-corrected chi connectivity index (χ4v) is 6.22. The van der Waals surface area contributed by atoms with Gasteiger partial charge in [-0.15, -0.1) is 0 Å². The van der Waals surface area contributed by atoms with Crippen LogP contribution in [0.4, 0.5) is 0 Å². The summed E-state index contributed by atoms with van der Waals surface area (Å²) < 4.78 is 73.2. The molecule has 2 rings (SSSR count). The summed E-state index contributed by atoms with van der Waals surface area (Å²) in [6.07, 6.45) is 28.1. The van der Waals surface area contributed by atoms with Crippen molar-refractivity contribution < 1.29 is 49.7 Å². The van der Waals surface area contributed by atoms with Gasteiger partial charge in [0, 0.05) is 0 Å². The minimum absolute atomic E-state index is 0.140. The molecule has 0 bridgehead atoms. The van der Waals surface area contributed by atoms with Crippen molar-refractivity contribution in [3.05, 3.63) is 59.7 Å². The Morgan fingerprint density at radius 2 is 0.630 bits per heavy atom. The molecule has 0 spiro atoms. The van der Waals surface area contributed by atoms with Crippen molar-refractivity contribution in [2.45, 2.75) is 165 Å². The van der Waals surface area contributed by atoms with Crippen LogP contribution in [0.5, 0.6) is 0 Å². The second kappa shape index (κ2) is 28.8. The first-order chi connectivity index (χ1) is 22.1. The Hall–Kier alpha value is -1.23. The third-order valence-corrected chi connectivity index (χ3v) is 9.76. The van der Waals surface area contributed by atoms with Crippen LogP contribution in [0.15, 0.2) is 58.3 Å². The number of benzene rings is 2. The van der Waals surface area contributed by atoms with Gasteiger partial charge in [0.2, 0.25) is 0 Å². The Morgan fingerprint density at radius 1 is 0.413 bits per heavy atom. The van der Waals surface area contributed by atoms with E-state index in [0.29, 0.717) is 0 Å². The van der Waals surface area contributed by atoms with Crippen LogP contribution in [0.2, 0.25) is 0 Å². The zero-order chi connectivity index (χ0) is 34.5. The summed E-state index contributed by atoms with van der Waals surface area (Å²) in [6.45, 7) is 4.49. The Balaban J connectivity index is 0.000000835. The molecule has 0 unspecified atom stereocenters. The topological polar surface area (TPSA) is 131 Å². The van der Waals surface area contributed by atoms with E-state index in [0.717, 1.165) is 57.2 Å². The van der Waals surface area contributed by atoms with Crippen LogP contribution in [0, 0.1) is 0 Å². The molecule has 0 aliphatic carbocycles. The van der Waals surface area contributed by atoms with Crippen LogP contribution < -0.4 is 0 Å². The Kier molecular flexibility index (Phi) is 28.0. The summed E-state index contributed by atoms with van der Waals surface area (Å²) >= 11 is 0.750. The summed E-state index contributed by atoms with van der Waals surface area (Å²) in [4.78, 5) is -0.279. The van der Waals surface area contributed by atoms with Gasteiger partial charge in [0.05, 0.1) is 9.79 Å². The summed E-state index contributed by atoms with van der Waals surface area (Å²) in [5, 5.41) is 0. The van der Waals surface area contributed by atoms with Gasteiger partial charge in [-0.25, -0.2) is 16.8 Å². The first kappa shape index (κ1) is 44.8. The molecule has 0 aromatic heterocycles. The molecule has 0 heterocycles. The van der Waals surface area contributed by atoms with Crippen LogP contribution in [0.25, 0.3) is 0 Å². The summed E-state index contributed by atoms with van der Waals surface area (Å²) in [5.41, 5.74) is 2.21. The minimum atomic E-state index is -4.31. The molecule has 2 aromatic rings. The van der Waals surface area contributed by atoms with Gasteiger partial charge in [-0.1, -0.05) is 154 Å². The van der Waals surface area contributed by atoms with Crippen LogP contribution in [-0.4, -0.2) is 25.9 Å². The molecule has 0 aliphatic heterocycles. The van der Waals surface area contributed by atoms with E-state index in [2.05, 4.69) is 13.8 Å². The fourth-order valence-electron chi connectivity index (χ4n) is 5.28. The summed E-state index contributed by atoms with van der Waals surface area (Å²) in [5.74, 6) is 0. The molecule has 0 amide bonds. The number of hydrogen-bond acceptors (Lipinski definition) is 7. The third-order valence-electron chi connectivity index (χ3n) is 8.06. The van der Waals surface area contributed by atoms with Gasteiger partial charge in [0.1, 0.15) is 20.2 Å². The van der Waals surface area contributed by atoms with E-state index in [4.69, 9.17) is 3.32 Å². The SMILES string of the molecule is CCCCCCCCCCCCc1ccc(S(=O)(=O)[O-])cc1.CCCCCCCCCCCCc1ccc(S(=O)(=O)[O-])cc1.[O]=[Ti+2]. The summed E-state index contributed by atoms with van der Waals surface area (Å²) in [7, 11) is -8.63. The van der Waals surface area contributed by atoms with Crippen LogP contribution >= 0.6 is 0 Å². The van der Waals surface area contributed by atoms with E-state index in [-0.39, 0.29) is 9.79 Å². The third kappa shape index (κ3) is 24.9. The molecular formula is C36H58O7S2Ti. The van der Waals surface area contributed by atoms with Crippen molar-refractivity contribution in [1.29, 1.82) is 0 Å². The van der Waals surface area contributed by atoms with Gasteiger partial charge in [0.25, 0.3) is 0 Å². The van der Waals surface area contributed by atoms with Crippen LogP contribution in [-0.2, 0) is 56.8 Å². The molecule has 0 fully saturated rings. The van der Waals surface area contributed by atoms with E-state index in [1.807, 2.05) is 0 Å². The van der Waals surface area contributed by atoms with Gasteiger partial charge in [-0.2, -0.15) is 0 Å². The molecule has 2 aromatic carbocycles. The van der Waals surface area contributed by atoms with E-state index in [1.165, 1.54) is 140 Å². The van der Waals surface area contributed by atoms with Crippen molar-refractivity contribution in [3.8, 4) is 0 Å². The standard InChI is InChI=1S/2C18H30O3S.O.Ti/c2*1-2-3-4-5-6-7-8-9-10-11-12-17-13-15-18(16-14-17)22(19,20)21;;/h2*13-16H,2-12H2,1H3,(H,19,20,21);;/q;;;+2/p-2. The van der Waals surface area contributed by atoms with Crippen LogP contribution in [0.3, 0.4) is 0 Å². The van der Waals surface area contributed by atoms with Crippen molar-refractivity contribution in [2.24, 2.45) is 0 Å². The predicted octanol–water partition coefficient (Wildman–Crippen LogP) is 9.99. The van der Waals surface area contributed by atoms with Crippen molar-refractivity contribution in [2.75, 3.05) is 0 Å². The first-order valence-corrected chi connectivity index (χ1v) is 20.8. The number of unbranched alkanes of at least 4 members (excludes halogenated alkanes) is 18. The first-order valence-electron chi connectivity index (χ1n) is 17.4. The monoisotopic (exact) mass is 714 g/mol. The van der Waals surface area contributed by atoms with E-state index in [9.17, 15) is 25.9 Å². The number of aryl methyl sites for hydroxylation is 2. The van der Waals surface area contributed by atoms with Crippen molar-refractivity contribution in [1.82, 2.24) is 0 Å². The van der Waals surface area contributed by atoms with Crippen molar-refractivity contribution >= 4 is 20.2 Å². The average Bonchev–Trinajstić information content (AvgIpc) is 3.04. The molecule has 0 saturated heterocycles. The zero-order valence-electron chi connectivity index (χ0n) is 28.3. The van der Waals surface area contributed by atoms with Gasteiger partial charge in [-0.05, 0) is 61.1 Å². The maximum absolute atomic E-state index is 10.8. The van der Waals surface area contributed by atoms with Gasteiger partial charge < -0.3 is 9.11 Å². The molecule has 46 heavy (non-hydrogen) atoms. The van der Waals surface area contributed by atoms with Crippen LogP contribution in [0.1, 0.15) is 153 Å². The Bertz CT molecular complexity index is 1100. The zero-order valence-corrected chi connectivity index (χ0v) is 31.5. The molecule has 0 N–H and O–H groups in total. The molecule has 0 aliphatic rings. The van der Waals surface area contributed by atoms with Gasteiger partial charge in [0.15, 0.2) is 0 Å². The second-order valence-corrected chi connectivity index (χ2v) is 14.8. The molecule has 7 nitrogen and oxygen atoms in total. The van der Waals surface area contributed by atoms with Gasteiger partial charge in [-0.3, -0.25) is 0 Å². The van der Waals surface area contributed by atoms with E-state index in [1.54, 1.807) is 24.3 Å². The second-order valence-electron chi connectivity index (χ2n) is 12.1. The molecule has 0 atom stereocenters. The summed E-state index contributed by atoms with van der Waals surface area (Å²) in [6, 6.07) is 12.6. The average molecular weight is 715 g/mol. The molecule has 0 saturated carbocycles. The molecule has 10 heteroatoms.